The zero-order valence-corrected chi connectivity index (χ0v) is 10.5. The first-order valence-corrected chi connectivity index (χ1v) is 5.96. The van der Waals surface area contributed by atoms with Gasteiger partial charge in [0.25, 0.3) is 0 Å². The van der Waals surface area contributed by atoms with Crippen molar-refractivity contribution in [1.82, 2.24) is 4.98 Å². The number of H-pyrrole nitrogens is 1. The zero-order chi connectivity index (χ0) is 12.6. The fourth-order valence-electron chi connectivity index (χ4n) is 1.61. The molecule has 0 saturated heterocycles. The summed E-state index contributed by atoms with van der Waals surface area (Å²) >= 11 is 0. The lowest BCUT2D eigenvalue weighted by Crippen LogP contribution is -2.04. The van der Waals surface area contributed by atoms with Gasteiger partial charge in [-0.3, -0.25) is 0 Å². The SMILES string of the molecule is COCCOc1cccc(NCc2cc[nH]c2)c1. The van der Waals surface area contributed by atoms with Crippen LogP contribution in [0.3, 0.4) is 0 Å². The van der Waals surface area contributed by atoms with Crippen molar-refractivity contribution in [1.29, 1.82) is 0 Å². The first kappa shape index (κ1) is 12.5. The summed E-state index contributed by atoms with van der Waals surface area (Å²) in [5.41, 5.74) is 2.27. The summed E-state index contributed by atoms with van der Waals surface area (Å²) in [6.45, 7) is 1.96. The summed E-state index contributed by atoms with van der Waals surface area (Å²) in [7, 11) is 1.66. The second-order valence-electron chi connectivity index (χ2n) is 3.94. The Morgan fingerprint density at radius 1 is 1.22 bits per heavy atom. The average molecular weight is 246 g/mol. The van der Waals surface area contributed by atoms with E-state index < -0.39 is 0 Å². The predicted octanol–water partition coefficient (Wildman–Crippen LogP) is 2.65. The van der Waals surface area contributed by atoms with E-state index >= 15 is 0 Å². The Morgan fingerprint density at radius 2 is 2.17 bits per heavy atom. The van der Waals surface area contributed by atoms with Gasteiger partial charge in [-0.15, -0.1) is 0 Å². The van der Waals surface area contributed by atoms with Crippen LogP contribution in [0.1, 0.15) is 5.56 Å². The Hall–Kier alpha value is -1.94. The number of rotatable bonds is 7. The lowest BCUT2D eigenvalue weighted by atomic mass is 10.2. The number of anilines is 1. The third-order valence-electron chi connectivity index (χ3n) is 2.55. The minimum Gasteiger partial charge on any atom is -0.491 e. The monoisotopic (exact) mass is 246 g/mol. The molecule has 18 heavy (non-hydrogen) atoms. The Morgan fingerprint density at radius 3 is 2.94 bits per heavy atom. The van der Waals surface area contributed by atoms with Crippen molar-refractivity contribution in [2.75, 3.05) is 25.6 Å². The van der Waals surface area contributed by atoms with Crippen LogP contribution in [0, 0.1) is 0 Å². The molecule has 0 bridgehead atoms. The lowest BCUT2D eigenvalue weighted by molar-refractivity contribution is 0.146. The number of hydrogen-bond donors (Lipinski definition) is 2. The maximum atomic E-state index is 5.55. The molecule has 1 aromatic heterocycles. The Kier molecular flexibility index (Phi) is 4.67. The van der Waals surface area contributed by atoms with Crippen LogP contribution < -0.4 is 10.1 Å². The van der Waals surface area contributed by atoms with Gasteiger partial charge in [0.1, 0.15) is 12.4 Å². The highest BCUT2D eigenvalue weighted by Crippen LogP contribution is 2.17. The molecule has 2 rings (SSSR count). The highest BCUT2D eigenvalue weighted by molar-refractivity contribution is 5.48. The van der Waals surface area contributed by atoms with E-state index in [1.54, 1.807) is 7.11 Å². The van der Waals surface area contributed by atoms with Crippen LogP contribution in [0.4, 0.5) is 5.69 Å². The minimum absolute atomic E-state index is 0.567. The van der Waals surface area contributed by atoms with Gasteiger partial charge >= 0.3 is 0 Å². The van der Waals surface area contributed by atoms with Crippen LogP contribution in [-0.2, 0) is 11.3 Å². The van der Waals surface area contributed by atoms with E-state index in [9.17, 15) is 0 Å². The van der Waals surface area contributed by atoms with E-state index in [0.29, 0.717) is 13.2 Å². The number of ether oxygens (including phenoxy) is 2. The molecule has 4 heteroatoms. The minimum atomic E-state index is 0.567. The molecule has 0 aliphatic heterocycles. The van der Waals surface area contributed by atoms with Crippen molar-refractivity contribution in [3.8, 4) is 5.75 Å². The van der Waals surface area contributed by atoms with Gasteiger partial charge in [0, 0.05) is 37.8 Å². The van der Waals surface area contributed by atoms with E-state index in [1.165, 1.54) is 5.56 Å². The summed E-state index contributed by atoms with van der Waals surface area (Å²) < 4.78 is 10.5. The quantitative estimate of drug-likeness (QED) is 0.738. The molecule has 0 spiro atoms. The van der Waals surface area contributed by atoms with Gasteiger partial charge in [0.05, 0.1) is 6.61 Å². The van der Waals surface area contributed by atoms with Gasteiger partial charge < -0.3 is 19.8 Å². The number of hydrogen-bond acceptors (Lipinski definition) is 3. The molecule has 2 aromatic rings. The number of aromatic amines is 1. The molecule has 4 nitrogen and oxygen atoms in total. The molecule has 0 radical (unpaired) electrons. The van der Waals surface area contributed by atoms with Gasteiger partial charge in [-0.1, -0.05) is 6.07 Å². The third-order valence-corrected chi connectivity index (χ3v) is 2.55. The summed E-state index contributed by atoms with van der Waals surface area (Å²) in [5.74, 6) is 0.853. The van der Waals surface area contributed by atoms with E-state index in [1.807, 2.05) is 42.7 Å². The standard InChI is InChI=1S/C14H18N2O2/c1-17-7-8-18-14-4-2-3-13(9-14)16-11-12-5-6-15-10-12/h2-6,9-10,15-16H,7-8,11H2,1H3. The normalized spacial score (nSPS) is 10.3. The number of nitrogens with one attached hydrogen (secondary N) is 2. The van der Waals surface area contributed by atoms with Crippen molar-refractivity contribution < 1.29 is 9.47 Å². The summed E-state index contributed by atoms with van der Waals surface area (Å²) in [6, 6.07) is 9.98. The van der Waals surface area contributed by atoms with E-state index in [0.717, 1.165) is 18.0 Å². The van der Waals surface area contributed by atoms with Crippen molar-refractivity contribution in [2.45, 2.75) is 6.54 Å². The van der Waals surface area contributed by atoms with Gasteiger partial charge in [-0.2, -0.15) is 0 Å². The molecule has 2 N–H and O–H groups in total. The smallest absolute Gasteiger partial charge is 0.121 e. The average Bonchev–Trinajstić information content (AvgIpc) is 2.90. The zero-order valence-electron chi connectivity index (χ0n) is 10.5. The second-order valence-corrected chi connectivity index (χ2v) is 3.94. The van der Waals surface area contributed by atoms with Gasteiger partial charge in [0.15, 0.2) is 0 Å². The van der Waals surface area contributed by atoms with Crippen molar-refractivity contribution in [3.05, 3.63) is 48.3 Å². The molecule has 1 aromatic carbocycles. The van der Waals surface area contributed by atoms with Gasteiger partial charge in [0.2, 0.25) is 0 Å². The van der Waals surface area contributed by atoms with Crippen LogP contribution in [0.25, 0.3) is 0 Å². The molecule has 0 aliphatic rings. The number of benzene rings is 1. The highest BCUT2D eigenvalue weighted by atomic mass is 16.5. The van der Waals surface area contributed by atoms with Crippen molar-refractivity contribution >= 4 is 5.69 Å². The topological polar surface area (TPSA) is 46.3 Å². The maximum Gasteiger partial charge on any atom is 0.121 e. The van der Waals surface area contributed by atoms with Crippen LogP contribution in [0.5, 0.6) is 5.75 Å². The third kappa shape index (κ3) is 3.82. The molecule has 0 unspecified atom stereocenters. The molecule has 0 aliphatic carbocycles. The fourth-order valence-corrected chi connectivity index (χ4v) is 1.61. The van der Waals surface area contributed by atoms with Crippen molar-refractivity contribution in [3.63, 3.8) is 0 Å². The van der Waals surface area contributed by atoms with Crippen LogP contribution in [0.2, 0.25) is 0 Å². The molecule has 0 fully saturated rings. The fraction of sp³-hybridized carbons (Fsp3) is 0.286. The Bertz CT molecular complexity index is 455. The molecule has 0 atom stereocenters. The van der Waals surface area contributed by atoms with Crippen LogP contribution in [0.15, 0.2) is 42.7 Å². The Balaban J connectivity index is 1.86. The maximum absolute atomic E-state index is 5.55. The molecule has 0 saturated carbocycles. The summed E-state index contributed by atoms with van der Waals surface area (Å²) in [5, 5.41) is 3.35. The Labute approximate surface area is 107 Å². The first-order valence-electron chi connectivity index (χ1n) is 5.96. The van der Waals surface area contributed by atoms with Crippen LogP contribution in [-0.4, -0.2) is 25.3 Å². The van der Waals surface area contributed by atoms with E-state index in [2.05, 4.69) is 10.3 Å². The summed E-state index contributed by atoms with van der Waals surface area (Å²) in [4.78, 5) is 3.03. The summed E-state index contributed by atoms with van der Waals surface area (Å²) in [6.07, 6.45) is 3.90. The number of aromatic nitrogens is 1. The molecule has 1 heterocycles. The molecule has 96 valence electrons. The molecular weight excluding hydrogens is 228 g/mol. The predicted molar refractivity (Wildman–Crippen MR) is 71.9 cm³/mol. The first-order chi connectivity index (χ1) is 8.88. The second kappa shape index (κ2) is 6.71. The van der Waals surface area contributed by atoms with Crippen molar-refractivity contribution in [2.24, 2.45) is 0 Å². The largest absolute Gasteiger partial charge is 0.491 e. The lowest BCUT2D eigenvalue weighted by Gasteiger charge is -2.09. The van der Waals surface area contributed by atoms with E-state index in [4.69, 9.17) is 9.47 Å². The highest BCUT2D eigenvalue weighted by Gasteiger charge is 1.97. The number of methoxy groups -OCH3 is 1. The van der Waals surface area contributed by atoms with Gasteiger partial charge in [-0.05, 0) is 23.8 Å². The van der Waals surface area contributed by atoms with Gasteiger partial charge in [-0.25, -0.2) is 0 Å². The van der Waals surface area contributed by atoms with Crippen LogP contribution >= 0.6 is 0 Å². The van der Waals surface area contributed by atoms with E-state index in [-0.39, 0.29) is 0 Å². The molecule has 0 amide bonds. The molecular formula is C14H18N2O2.